The summed E-state index contributed by atoms with van der Waals surface area (Å²) in [5.41, 5.74) is 1.39. The zero-order valence-electron chi connectivity index (χ0n) is 5.15. The molecule has 0 fully saturated rings. The summed E-state index contributed by atoms with van der Waals surface area (Å²) in [6.07, 6.45) is 3.18. The van der Waals surface area contributed by atoms with E-state index < -0.39 is 0 Å². The molecule has 0 saturated heterocycles. The number of hydrogen-bond donors (Lipinski definition) is 1. The summed E-state index contributed by atoms with van der Waals surface area (Å²) in [7, 11) is 0. The van der Waals surface area contributed by atoms with E-state index in [1.807, 2.05) is 0 Å². The number of carbonyl (C=O) groups is 1. The molecule has 1 N–H and O–H groups in total. The van der Waals surface area contributed by atoms with E-state index in [1.54, 1.807) is 10.8 Å². The normalized spacial score (nSPS) is 10.4. The van der Waals surface area contributed by atoms with Crippen LogP contribution >= 0.6 is 11.3 Å². The zero-order chi connectivity index (χ0) is 7.40. The minimum atomic E-state index is 0.621. The number of carbonyl (C=O) groups excluding carboxylic acids is 1. The molecule has 0 bridgehead atoms. The molecule has 1 rings (SSSR count). The van der Waals surface area contributed by atoms with Crippen molar-refractivity contribution in [1.82, 2.24) is 0 Å². The van der Waals surface area contributed by atoms with Gasteiger partial charge < -0.3 is 5.11 Å². The van der Waals surface area contributed by atoms with Crippen molar-refractivity contribution < 1.29 is 9.90 Å². The third kappa shape index (κ3) is 1.25. The van der Waals surface area contributed by atoms with Crippen LogP contribution in [0.1, 0.15) is 15.9 Å². The van der Waals surface area contributed by atoms with Crippen molar-refractivity contribution in [2.75, 3.05) is 0 Å². The minimum absolute atomic E-state index is 0.621. The molecule has 0 aliphatic rings. The average molecular weight is 154 g/mol. The minimum Gasteiger partial charge on any atom is -0.516 e. The van der Waals surface area contributed by atoms with Crippen LogP contribution in [0.5, 0.6) is 0 Å². The summed E-state index contributed by atoms with van der Waals surface area (Å²) in [6.45, 7) is 0. The molecule has 3 heteroatoms. The molecule has 0 aromatic carbocycles. The molecule has 0 amide bonds. The van der Waals surface area contributed by atoms with Crippen molar-refractivity contribution in [3.8, 4) is 0 Å². The van der Waals surface area contributed by atoms with Gasteiger partial charge in [-0.1, -0.05) is 0 Å². The summed E-state index contributed by atoms with van der Waals surface area (Å²) in [5, 5.41) is 11.9. The Labute approximate surface area is 62.4 Å². The van der Waals surface area contributed by atoms with E-state index in [0.717, 1.165) is 18.1 Å². The SMILES string of the molecule is O=Cc1cscc1/C=C/O. The molecule has 0 spiro atoms. The number of thiophene rings is 1. The van der Waals surface area contributed by atoms with Gasteiger partial charge in [0.2, 0.25) is 0 Å². The fraction of sp³-hybridized carbons (Fsp3) is 0. The second kappa shape index (κ2) is 3.17. The van der Waals surface area contributed by atoms with Gasteiger partial charge in [0.05, 0.1) is 6.26 Å². The van der Waals surface area contributed by atoms with Gasteiger partial charge in [-0.25, -0.2) is 0 Å². The van der Waals surface area contributed by atoms with Gasteiger partial charge in [0, 0.05) is 10.9 Å². The smallest absolute Gasteiger partial charge is 0.151 e. The third-order valence-corrected chi connectivity index (χ3v) is 1.88. The lowest BCUT2D eigenvalue weighted by Gasteiger charge is -1.83. The molecule has 0 aliphatic carbocycles. The second-order valence-corrected chi connectivity index (χ2v) is 2.46. The fourth-order valence-corrected chi connectivity index (χ4v) is 1.40. The molecule has 1 aromatic rings. The zero-order valence-corrected chi connectivity index (χ0v) is 5.97. The summed E-state index contributed by atoms with van der Waals surface area (Å²) in [5.74, 6) is 0. The first-order valence-electron chi connectivity index (χ1n) is 2.70. The largest absolute Gasteiger partial charge is 0.516 e. The maximum Gasteiger partial charge on any atom is 0.151 e. The van der Waals surface area contributed by atoms with Crippen LogP contribution in [0, 0.1) is 0 Å². The molecule has 0 atom stereocenters. The topological polar surface area (TPSA) is 37.3 Å². The van der Waals surface area contributed by atoms with E-state index in [-0.39, 0.29) is 0 Å². The summed E-state index contributed by atoms with van der Waals surface area (Å²) < 4.78 is 0. The third-order valence-electron chi connectivity index (χ3n) is 1.10. The second-order valence-electron chi connectivity index (χ2n) is 1.72. The Hall–Kier alpha value is -1.09. The fourth-order valence-electron chi connectivity index (χ4n) is 0.628. The first kappa shape index (κ1) is 7.02. The van der Waals surface area contributed by atoms with Crippen LogP contribution < -0.4 is 0 Å². The van der Waals surface area contributed by atoms with Crippen molar-refractivity contribution in [3.63, 3.8) is 0 Å². The van der Waals surface area contributed by atoms with Crippen LogP contribution in [-0.4, -0.2) is 11.4 Å². The standard InChI is InChI=1S/C7H6O2S/c8-2-1-6-4-10-5-7(6)3-9/h1-5,8H/b2-1+. The highest BCUT2D eigenvalue weighted by atomic mass is 32.1. The highest BCUT2D eigenvalue weighted by molar-refractivity contribution is 7.08. The van der Waals surface area contributed by atoms with E-state index in [2.05, 4.69) is 0 Å². The van der Waals surface area contributed by atoms with Gasteiger partial charge >= 0.3 is 0 Å². The van der Waals surface area contributed by atoms with Gasteiger partial charge in [-0.2, -0.15) is 11.3 Å². The molecule has 0 saturated carbocycles. The Bertz CT molecular complexity index is 250. The molecule has 2 nitrogen and oxygen atoms in total. The first-order valence-corrected chi connectivity index (χ1v) is 3.65. The average Bonchev–Trinajstić information content (AvgIpc) is 2.36. The van der Waals surface area contributed by atoms with Crippen LogP contribution in [-0.2, 0) is 0 Å². The Morgan fingerprint density at radius 3 is 2.70 bits per heavy atom. The van der Waals surface area contributed by atoms with Gasteiger partial charge in [-0.15, -0.1) is 0 Å². The molecule has 52 valence electrons. The Balaban J connectivity index is 3.00. The first-order chi connectivity index (χ1) is 4.88. The predicted octanol–water partition coefficient (Wildman–Crippen LogP) is 2.09. The van der Waals surface area contributed by atoms with Crippen LogP contribution in [0.15, 0.2) is 17.0 Å². The number of aliphatic hydroxyl groups is 1. The van der Waals surface area contributed by atoms with Crippen molar-refractivity contribution in [2.45, 2.75) is 0 Å². The van der Waals surface area contributed by atoms with Crippen molar-refractivity contribution in [1.29, 1.82) is 0 Å². The maximum atomic E-state index is 10.3. The van der Waals surface area contributed by atoms with Crippen LogP contribution in [0.25, 0.3) is 6.08 Å². The van der Waals surface area contributed by atoms with Crippen molar-refractivity contribution in [2.24, 2.45) is 0 Å². The quantitative estimate of drug-likeness (QED) is 0.523. The van der Waals surface area contributed by atoms with Gasteiger partial charge in [-0.05, 0) is 17.0 Å². The van der Waals surface area contributed by atoms with E-state index in [0.29, 0.717) is 5.56 Å². The Morgan fingerprint density at radius 2 is 2.10 bits per heavy atom. The van der Waals surface area contributed by atoms with Gasteiger partial charge in [0.25, 0.3) is 0 Å². The molecule has 1 aromatic heterocycles. The van der Waals surface area contributed by atoms with E-state index in [4.69, 9.17) is 5.11 Å². The summed E-state index contributed by atoms with van der Waals surface area (Å²) in [6, 6.07) is 0. The van der Waals surface area contributed by atoms with E-state index >= 15 is 0 Å². The Morgan fingerprint density at radius 1 is 1.40 bits per heavy atom. The lowest BCUT2D eigenvalue weighted by Crippen LogP contribution is -1.76. The van der Waals surface area contributed by atoms with E-state index in [9.17, 15) is 4.79 Å². The maximum absolute atomic E-state index is 10.3. The lowest BCUT2D eigenvalue weighted by atomic mass is 10.2. The van der Waals surface area contributed by atoms with Crippen LogP contribution in [0.4, 0.5) is 0 Å². The Kier molecular flexibility index (Phi) is 2.23. The number of rotatable bonds is 2. The molecule has 0 radical (unpaired) electrons. The van der Waals surface area contributed by atoms with Crippen molar-refractivity contribution >= 4 is 23.7 Å². The van der Waals surface area contributed by atoms with Crippen LogP contribution in [0.3, 0.4) is 0 Å². The van der Waals surface area contributed by atoms with Gasteiger partial charge in [0.1, 0.15) is 0 Å². The molecular weight excluding hydrogens is 148 g/mol. The van der Waals surface area contributed by atoms with Gasteiger partial charge in [0.15, 0.2) is 6.29 Å². The number of aliphatic hydroxyl groups excluding tert-OH is 1. The molecule has 1 heterocycles. The monoisotopic (exact) mass is 154 g/mol. The summed E-state index contributed by atoms with van der Waals surface area (Å²) >= 11 is 1.44. The number of hydrogen-bond acceptors (Lipinski definition) is 3. The number of aldehydes is 1. The van der Waals surface area contributed by atoms with Gasteiger partial charge in [-0.3, -0.25) is 4.79 Å². The van der Waals surface area contributed by atoms with Crippen molar-refractivity contribution in [3.05, 3.63) is 28.1 Å². The van der Waals surface area contributed by atoms with Crippen LogP contribution in [0.2, 0.25) is 0 Å². The molecule has 10 heavy (non-hydrogen) atoms. The summed E-state index contributed by atoms with van der Waals surface area (Å²) in [4.78, 5) is 10.3. The predicted molar refractivity (Wildman–Crippen MR) is 41.4 cm³/mol. The lowest BCUT2D eigenvalue weighted by molar-refractivity contribution is 0.112. The molecular formula is C7H6O2S. The molecule has 0 unspecified atom stereocenters. The molecule has 0 aliphatic heterocycles. The highest BCUT2D eigenvalue weighted by Crippen LogP contribution is 2.13. The van der Waals surface area contributed by atoms with E-state index in [1.165, 1.54) is 17.4 Å². The highest BCUT2D eigenvalue weighted by Gasteiger charge is 1.96.